The molecule has 0 radical (unpaired) electrons. The normalized spacial score (nSPS) is 13.2. The SMILES string of the molecule is CCCC(C)Cc1c[nH]c2ccc(Cl)cc12. The van der Waals surface area contributed by atoms with Crippen LogP contribution >= 0.6 is 11.6 Å². The van der Waals surface area contributed by atoms with Gasteiger partial charge in [-0.25, -0.2) is 0 Å². The average Bonchev–Trinajstić information content (AvgIpc) is 2.61. The van der Waals surface area contributed by atoms with Gasteiger partial charge in [0.05, 0.1) is 0 Å². The summed E-state index contributed by atoms with van der Waals surface area (Å²) < 4.78 is 0. The van der Waals surface area contributed by atoms with Crippen LogP contribution in [0.2, 0.25) is 5.02 Å². The summed E-state index contributed by atoms with van der Waals surface area (Å²) in [6.07, 6.45) is 5.79. The van der Waals surface area contributed by atoms with Crippen LogP contribution in [0, 0.1) is 5.92 Å². The number of hydrogen-bond acceptors (Lipinski definition) is 0. The second-order valence-electron chi connectivity index (χ2n) is 4.60. The minimum absolute atomic E-state index is 0.739. The molecule has 0 aliphatic heterocycles. The molecule has 0 saturated heterocycles. The third-order valence-corrected chi connectivity index (χ3v) is 3.31. The van der Waals surface area contributed by atoms with Crippen molar-refractivity contribution in [1.82, 2.24) is 4.98 Å². The van der Waals surface area contributed by atoms with E-state index in [0.29, 0.717) is 0 Å². The lowest BCUT2D eigenvalue weighted by molar-refractivity contribution is 0.524. The zero-order valence-corrected chi connectivity index (χ0v) is 10.6. The quantitative estimate of drug-likeness (QED) is 0.784. The molecule has 0 spiro atoms. The van der Waals surface area contributed by atoms with Crippen LogP contribution in [0.1, 0.15) is 32.3 Å². The van der Waals surface area contributed by atoms with Crippen molar-refractivity contribution >= 4 is 22.5 Å². The van der Waals surface area contributed by atoms with Crippen molar-refractivity contribution in [1.29, 1.82) is 0 Å². The summed E-state index contributed by atoms with van der Waals surface area (Å²) in [6, 6.07) is 6.03. The van der Waals surface area contributed by atoms with E-state index in [4.69, 9.17) is 11.6 Å². The van der Waals surface area contributed by atoms with E-state index in [1.807, 2.05) is 12.1 Å². The number of benzene rings is 1. The van der Waals surface area contributed by atoms with E-state index < -0.39 is 0 Å². The molecule has 1 aromatic carbocycles. The molecular weight excluding hydrogens is 218 g/mol. The van der Waals surface area contributed by atoms with Gasteiger partial charge >= 0.3 is 0 Å². The highest BCUT2D eigenvalue weighted by molar-refractivity contribution is 6.31. The molecule has 0 amide bonds. The van der Waals surface area contributed by atoms with Gasteiger partial charge in [-0.05, 0) is 36.1 Å². The molecule has 0 saturated carbocycles. The van der Waals surface area contributed by atoms with Crippen LogP contribution < -0.4 is 0 Å². The van der Waals surface area contributed by atoms with Crippen LogP contribution in [0.15, 0.2) is 24.4 Å². The summed E-state index contributed by atoms with van der Waals surface area (Å²) in [5.41, 5.74) is 2.57. The van der Waals surface area contributed by atoms with E-state index in [0.717, 1.165) is 17.4 Å². The first-order valence-electron chi connectivity index (χ1n) is 5.96. The molecule has 16 heavy (non-hydrogen) atoms. The van der Waals surface area contributed by atoms with Gasteiger partial charge in [0.25, 0.3) is 0 Å². The van der Waals surface area contributed by atoms with Crippen molar-refractivity contribution in [3.63, 3.8) is 0 Å². The zero-order valence-electron chi connectivity index (χ0n) is 9.89. The lowest BCUT2D eigenvalue weighted by atomic mass is 9.97. The number of halogens is 1. The Morgan fingerprint density at radius 1 is 1.38 bits per heavy atom. The molecular formula is C14H18ClN. The molecule has 0 aliphatic carbocycles. The fourth-order valence-electron chi connectivity index (χ4n) is 2.29. The predicted molar refractivity (Wildman–Crippen MR) is 71.1 cm³/mol. The molecule has 2 rings (SSSR count). The highest BCUT2D eigenvalue weighted by Gasteiger charge is 2.08. The molecule has 1 nitrogen and oxygen atoms in total. The van der Waals surface area contributed by atoms with Gasteiger partial charge in [0.15, 0.2) is 0 Å². The van der Waals surface area contributed by atoms with Crippen molar-refractivity contribution in [3.05, 3.63) is 35.0 Å². The smallest absolute Gasteiger partial charge is 0.0457 e. The van der Waals surface area contributed by atoms with E-state index in [-0.39, 0.29) is 0 Å². The Bertz CT molecular complexity index is 473. The van der Waals surface area contributed by atoms with E-state index in [1.54, 1.807) is 0 Å². The maximum absolute atomic E-state index is 6.03. The molecule has 1 aromatic heterocycles. The second-order valence-corrected chi connectivity index (χ2v) is 5.04. The maximum atomic E-state index is 6.03. The standard InChI is InChI=1S/C14H18ClN/c1-3-4-10(2)7-11-9-16-14-6-5-12(15)8-13(11)14/h5-6,8-10,16H,3-4,7H2,1-2H3. The van der Waals surface area contributed by atoms with E-state index in [2.05, 4.69) is 31.1 Å². The molecule has 86 valence electrons. The first kappa shape index (κ1) is 11.5. The Hall–Kier alpha value is -0.950. The topological polar surface area (TPSA) is 15.8 Å². The minimum atomic E-state index is 0.739. The van der Waals surface area contributed by atoms with Crippen LogP contribution in [0.4, 0.5) is 0 Å². The first-order valence-corrected chi connectivity index (χ1v) is 6.34. The van der Waals surface area contributed by atoms with E-state index >= 15 is 0 Å². The monoisotopic (exact) mass is 235 g/mol. The Labute approximate surface area is 102 Å². The summed E-state index contributed by atoms with van der Waals surface area (Å²) in [6.45, 7) is 4.55. The van der Waals surface area contributed by atoms with Crippen molar-refractivity contribution < 1.29 is 0 Å². The summed E-state index contributed by atoms with van der Waals surface area (Å²) >= 11 is 6.03. The molecule has 2 heteroatoms. The van der Waals surface area contributed by atoms with Crippen molar-refractivity contribution in [3.8, 4) is 0 Å². The fourth-order valence-corrected chi connectivity index (χ4v) is 2.46. The van der Waals surface area contributed by atoms with Crippen LogP contribution in [0.3, 0.4) is 0 Å². The van der Waals surface area contributed by atoms with Crippen LogP contribution in [0.25, 0.3) is 10.9 Å². The van der Waals surface area contributed by atoms with Crippen LogP contribution in [-0.4, -0.2) is 4.98 Å². The third kappa shape index (κ3) is 2.41. The van der Waals surface area contributed by atoms with Crippen LogP contribution in [-0.2, 0) is 6.42 Å². The first-order chi connectivity index (χ1) is 7.70. The number of H-pyrrole nitrogens is 1. The number of nitrogens with one attached hydrogen (secondary N) is 1. The third-order valence-electron chi connectivity index (χ3n) is 3.08. The molecule has 1 heterocycles. The van der Waals surface area contributed by atoms with Gasteiger partial charge < -0.3 is 4.98 Å². The van der Waals surface area contributed by atoms with Crippen molar-refractivity contribution in [2.75, 3.05) is 0 Å². The molecule has 0 fully saturated rings. The number of aromatic amines is 1. The van der Waals surface area contributed by atoms with Crippen LogP contribution in [0.5, 0.6) is 0 Å². The predicted octanol–water partition coefficient (Wildman–Crippen LogP) is 4.80. The summed E-state index contributed by atoms with van der Waals surface area (Å²) in [4.78, 5) is 3.30. The van der Waals surface area contributed by atoms with E-state index in [1.165, 1.54) is 29.3 Å². The Morgan fingerprint density at radius 3 is 2.94 bits per heavy atom. The summed E-state index contributed by atoms with van der Waals surface area (Å²) in [7, 11) is 0. The molecule has 1 N–H and O–H groups in total. The Balaban J connectivity index is 2.27. The number of fused-ring (bicyclic) bond motifs is 1. The molecule has 1 atom stereocenters. The number of rotatable bonds is 4. The van der Waals surface area contributed by atoms with Gasteiger partial charge in [0, 0.05) is 22.1 Å². The van der Waals surface area contributed by atoms with E-state index in [9.17, 15) is 0 Å². The summed E-state index contributed by atoms with van der Waals surface area (Å²) in [5, 5.41) is 2.09. The van der Waals surface area contributed by atoms with Gasteiger partial charge in [-0.1, -0.05) is 38.3 Å². The minimum Gasteiger partial charge on any atom is -0.361 e. The van der Waals surface area contributed by atoms with Crippen molar-refractivity contribution in [2.45, 2.75) is 33.1 Å². The summed E-state index contributed by atoms with van der Waals surface area (Å²) in [5.74, 6) is 0.739. The van der Waals surface area contributed by atoms with Gasteiger partial charge in [-0.3, -0.25) is 0 Å². The van der Waals surface area contributed by atoms with Gasteiger partial charge in [-0.2, -0.15) is 0 Å². The fraction of sp³-hybridized carbons (Fsp3) is 0.429. The molecule has 0 aliphatic rings. The van der Waals surface area contributed by atoms with Crippen molar-refractivity contribution in [2.24, 2.45) is 5.92 Å². The molecule has 0 bridgehead atoms. The lowest BCUT2D eigenvalue weighted by Gasteiger charge is -2.08. The lowest BCUT2D eigenvalue weighted by Crippen LogP contribution is -1.98. The maximum Gasteiger partial charge on any atom is 0.0457 e. The highest BCUT2D eigenvalue weighted by atomic mass is 35.5. The largest absolute Gasteiger partial charge is 0.361 e. The second kappa shape index (κ2) is 4.92. The van der Waals surface area contributed by atoms with Gasteiger partial charge in [0.2, 0.25) is 0 Å². The number of hydrogen-bond donors (Lipinski definition) is 1. The highest BCUT2D eigenvalue weighted by Crippen LogP contribution is 2.25. The zero-order chi connectivity index (χ0) is 11.5. The van der Waals surface area contributed by atoms with Gasteiger partial charge in [-0.15, -0.1) is 0 Å². The molecule has 2 aromatic rings. The molecule has 1 unspecified atom stereocenters. The Kier molecular flexibility index (Phi) is 3.55. The van der Waals surface area contributed by atoms with Gasteiger partial charge in [0.1, 0.15) is 0 Å². The Morgan fingerprint density at radius 2 is 2.19 bits per heavy atom. The average molecular weight is 236 g/mol. The number of aromatic nitrogens is 1.